The van der Waals surface area contributed by atoms with E-state index in [0.29, 0.717) is 12.5 Å². The number of nitrogens with zero attached hydrogens (tertiary/aromatic N) is 1. The predicted molar refractivity (Wildman–Crippen MR) is 63.2 cm³/mol. The number of piperidine rings is 1. The van der Waals surface area contributed by atoms with E-state index in [9.17, 15) is 5.11 Å². The lowest BCUT2D eigenvalue weighted by atomic mass is 9.98. The Morgan fingerprint density at radius 2 is 2.07 bits per heavy atom. The maximum absolute atomic E-state index is 9.17. The number of anilines is 1. The van der Waals surface area contributed by atoms with Crippen LogP contribution in [0.3, 0.4) is 0 Å². The summed E-state index contributed by atoms with van der Waals surface area (Å²) in [6, 6.07) is 8.65. The molecule has 0 aliphatic carbocycles. The average Bonchev–Trinajstić information content (AvgIpc) is 2.30. The van der Waals surface area contributed by atoms with Crippen molar-refractivity contribution in [1.29, 1.82) is 0 Å². The van der Waals surface area contributed by atoms with Crippen LogP contribution in [0.4, 0.5) is 5.69 Å². The fourth-order valence-electron chi connectivity index (χ4n) is 2.20. The van der Waals surface area contributed by atoms with Gasteiger partial charge in [0, 0.05) is 25.4 Å². The van der Waals surface area contributed by atoms with E-state index in [2.05, 4.69) is 36.1 Å². The SMILES string of the molecule is Cc1ccc(N2CCCC(CO)C2)cc1. The average molecular weight is 205 g/mol. The monoisotopic (exact) mass is 205 g/mol. The molecule has 82 valence electrons. The van der Waals surface area contributed by atoms with Crippen molar-refractivity contribution in [3.05, 3.63) is 29.8 Å². The minimum atomic E-state index is 0.322. The van der Waals surface area contributed by atoms with Crippen LogP contribution in [0, 0.1) is 12.8 Å². The molecule has 1 N–H and O–H groups in total. The molecule has 1 aromatic rings. The third kappa shape index (κ3) is 2.51. The lowest BCUT2D eigenvalue weighted by Gasteiger charge is -2.33. The summed E-state index contributed by atoms with van der Waals surface area (Å²) >= 11 is 0. The van der Waals surface area contributed by atoms with Crippen LogP contribution in [-0.2, 0) is 0 Å². The first-order chi connectivity index (χ1) is 7.29. The van der Waals surface area contributed by atoms with Crippen LogP contribution >= 0.6 is 0 Å². The Hall–Kier alpha value is -1.02. The van der Waals surface area contributed by atoms with E-state index >= 15 is 0 Å². The van der Waals surface area contributed by atoms with Crippen LogP contribution in [0.15, 0.2) is 24.3 Å². The van der Waals surface area contributed by atoms with Crippen LogP contribution in [0.2, 0.25) is 0 Å². The molecule has 15 heavy (non-hydrogen) atoms. The minimum Gasteiger partial charge on any atom is -0.396 e. The second kappa shape index (κ2) is 4.67. The van der Waals surface area contributed by atoms with E-state index in [4.69, 9.17) is 0 Å². The zero-order chi connectivity index (χ0) is 10.7. The Balaban J connectivity index is 2.06. The van der Waals surface area contributed by atoms with Crippen LogP contribution in [-0.4, -0.2) is 24.8 Å². The summed E-state index contributed by atoms with van der Waals surface area (Å²) < 4.78 is 0. The summed E-state index contributed by atoms with van der Waals surface area (Å²) in [6.07, 6.45) is 2.36. The molecule has 0 bridgehead atoms. The molecule has 2 heteroatoms. The van der Waals surface area contributed by atoms with E-state index in [1.165, 1.54) is 24.1 Å². The number of aliphatic hydroxyl groups is 1. The second-order valence-electron chi connectivity index (χ2n) is 4.47. The molecule has 1 aliphatic heterocycles. The zero-order valence-electron chi connectivity index (χ0n) is 9.32. The summed E-state index contributed by atoms with van der Waals surface area (Å²) in [7, 11) is 0. The Kier molecular flexibility index (Phi) is 3.27. The van der Waals surface area contributed by atoms with Crippen molar-refractivity contribution in [2.24, 2.45) is 5.92 Å². The highest BCUT2D eigenvalue weighted by Crippen LogP contribution is 2.22. The third-order valence-corrected chi connectivity index (χ3v) is 3.18. The zero-order valence-corrected chi connectivity index (χ0v) is 9.32. The fraction of sp³-hybridized carbons (Fsp3) is 0.538. The van der Waals surface area contributed by atoms with Gasteiger partial charge in [-0.15, -0.1) is 0 Å². The molecular weight excluding hydrogens is 186 g/mol. The largest absolute Gasteiger partial charge is 0.396 e. The number of aryl methyl sites for hydroxylation is 1. The van der Waals surface area contributed by atoms with Crippen molar-refractivity contribution in [3.63, 3.8) is 0 Å². The lowest BCUT2D eigenvalue weighted by Crippen LogP contribution is -2.36. The van der Waals surface area contributed by atoms with E-state index in [1.807, 2.05) is 0 Å². The molecule has 1 aliphatic rings. The highest BCUT2D eigenvalue weighted by Gasteiger charge is 2.18. The van der Waals surface area contributed by atoms with Crippen LogP contribution < -0.4 is 4.90 Å². The van der Waals surface area contributed by atoms with Crippen molar-refractivity contribution >= 4 is 5.69 Å². The van der Waals surface area contributed by atoms with E-state index < -0.39 is 0 Å². The lowest BCUT2D eigenvalue weighted by molar-refractivity contribution is 0.209. The van der Waals surface area contributed by atoms with E-state index in [1.54, 1.807) is 0 Å². The van der Waals surface area contributed by atoms with Crippen molar-refractivity contribution in [1.82, 2.24) is 0 Å². The first-order valence-electron chi connectivity index (χ1n) is 5.72. The summed E-state index contributed by atoms with van der Waals surface area (Å²) in [4.78, 5) is 2.38. The molecule has 1 heterocycles. The van der Waals surface area contributed by atoms with Gasteiger partial charge in [0.1, 0.15) is 0 Å². The maximum Gasteiger partial charge on any atom is 0.0476 e. The van der Waals surface area contributed by atoms with Gasteiger partial charge in [0.05, 0.1) is 0 Å². The molecule has 0 radical (unpaired) electrons. The summed E-state index contributed by atoms with van der Waals surface area (Å²) in [6.45, 7) is 4.55. The van der Waals surface area contributed by atoms with Gasteiger partial charge in [-0.1, -0.05) is 17.7 Å². The number of hydrogen-bond acceptors (Lipinski definition) is 2. The minimum absolute atomic E-state index is 0.322. The van der Waals surface area contributed by atoms with Gasteiger partial charge in [-0.25, -0.2) is 0 Å². The molecule has 0 spiro atoms. The van der Waals surface area contributed by atoms with Gasteiger partial charge >= 0.3 is 0 Å². The Morgan fingerprint density at radius 1 is 1.33 bits per heavy atom. The molecular formula is C13H19NO. The van der Waals surface area contributed by atoms with Gasteiger partial charge in [0.2, 0.25) is 0 Å². The normalized spacial score (nSPS) is 21.7. The molecule has 1 unspecified atom stereocenters. The predicted octanol–water partition coefficient (Wildman–Crippen LogP) is 2.20. The molecule has 1 aromatic carbocycles. The first kappa shape index (κ1) is 10.5. The number of rotatable bonds is 2. The van der Waals surface area contributed by atoms with Gasteiger partial charge in [0.15, 0.2) is 0 Å². The van der Waals surface area contributed by atoms with Crippen LogP contribution in [0.1, 0.15) is 18.4 Å². The fourth-order valence-corrected chi connectivity index (χ4v) is 2.20. The molecule has 0 saturated carbocycles. The Morgan fingerprint density at radius 3 is 2.73 bits per heavy atom. The Bertz CT molecular complexity index is 307. The number of hydrogen-bond donors (Lipinski definition) is 1. The van der Waals surface area contributed by atoms with E-state index in [-0.39, 0.29) is 0 Å². The number of benzene rings is 1. The second-order valence-corrected chi connectivity index (χ2v) is 4.47. The standard InChI is InChI=1S/C13H19NO/c1-11-4-6-13(7-5-11)14-8-2-3-12(9-14)10-15/h4-7,12,15H,2-3,8-10H2,1H3. The van der Waals surface area contributed by atoms with Crippen molar-refractivity contribution in [2.45, 2.75) is 19.8 Å². The molecule has 1 atom stereocenters. The van der Waals surface area contributed by atoms with E-state index in [0.717, 1.165) is 13.1 Å². The van der Waals surface area contributed by atoms with Crippen LogP contribution in [0.25, 0.3) is 0 Å². The summed E-state index contributed by atoms with van der Waals surface area (Å²) in [5.41, 5.74) is 2.59. The molecule has 1 saturated heterocycles. The van der Waals surface area contributed by atoms with Gasteiger partial charge in [0.25, 0.3) is 0 Å². The molecule has 2 nitrogen and oxygen atoms in total. The highest BCUT2D eigenvalue weighted by molar-refractivity contribution is 5.47. The highest BCUT2D eigenvalue weighted by atomic mass is 16.3. The molecule has 2 rings (SSSR count). The number of aliphatic hydroxyl groups excluding tert-OH is 1. The quantitative estimate of drug-likeness (QED) is 0.800. The van der Waals surface area contributed by atoms with Crippen molar-refractivity contribution < 1.29 is 5.11 Å². The van der Waals surface area contributed by atoms with Gasteiger partial charge in [-0.2, -0.15) is 0 Å². The summed E-state index contributed by atoms with van der Waals surface area (Å²) in [5, 5.41) is 9.17. The third-order valence-electron chi connectivity index (χ3n) is 3.18. The van der Waals surface area contributed by atoms with Gasteiger partial charge < -0.3 is 10.0 Å². The first-order valence-corrected chi connectivity index (χ1v) is 5.72. The summed E-state index contributed by atoms with van der Waals surface area (Å²) in [5.74, 6) is 0.458. The smallest absolute Gasteiger partial charge is 0.0476 e. The van der Waals surface area contributed by atoms with Crippen LogP contribution in [0.5, 0.6) is 0 Å². The molecule has 0 amide bonds. The van der Waals surface area contributed by atoms with Crippen molar-refractivity contribution in [2.75, 3.05) is 24.6 Å². The maximum atomic E-state index is 9.17. The topological polar surface area (TPSA) is 23.5 Å². The van der Waals surface area contributed by atoms with Gasteiger partial charge in [-0.3, -0.25) is 0 Å². The molecule has 0 aromatic heterocycles. The molecule has 1 fully saturated rings. The van der Waals surface area contributed by atoms with Crippen molar-refractivity contribution in [3.8, 4) is 0 Å². The Labute approximate surface area is 91.5 Å². The van der Waals surface area contributed by atoms with Gasteiger partial charge in [-0.05, 0) is 37.8 Å².